The Bertz CT molecular complexity index is 565. The van der Waals surface area contributed by atoms with E-state index in [2.05, 4.69) is 9.82 Å². The summed E-state index contributed by atoms with van der Waals surface area (Å²) < 4.78 is 33.1. The second kappa shape index (κ2) is 6.08. The molecule has 1 unspecified atom stereocenters. The van der Waals surface area contributed by atoms with Gasteiger partial charge in [0, 0.05) is 33.7 Å². The van der Waals surface area contributed by atoms with Gasteiger partial charge >= 0.3 is 0 Å². The third kappa shape index (κ3) is 3.92. The number of anilines is 1. The van der Waals surface area contributed by atoms with E-state index in [4.69, 9.17) is 10.5 Å². The highest BCUT2D eigenvalue weighted by Crippen LogP contribution is 2.21. The van der Waals surface area contributed by atoms with E-state index in [9.17, 15) is 13.5 Å². The number of sulfonamides is 1. The smallest absolute Gasteiger partial charge is 0.246 e. The summed E-state index contributed by atoms with van der Waals surface area (Å²) in [6.45, 7) is 3.35. The normalized spacial score (nSPS) is 15.2. The first-order valence-electron chi connectivity index (χ1n) is 6.11. The molecule has 0 amide bonds. The van der Waals surface area contributed by atoms with Crippen LogP contribution < -0.4 is 10.5 Å². The van der Waals surface area contributed by atoms with Crippen LogP contribution in [0, 0.1) is 6.92 Å². The van der Waals surface area contributed by atoms with Crippen molar-refractivity contribution >= 4 is 15.8 Å². The van der Waals surface area contributed by atoms with Crippen molar-refractivity contribution in [2.75, 3.05) is 26.0 Å². The lowest BCUT2D eigenvalue weighted by Crippen LogP contribution is -2.41. The zero-order chi connectivity index (χ0) is 15.6. The van der Waals surface area contributed by atoms with Crippen LogP contribution in [0.3, 0.4) is 0 Å². The van der Waals surface area contributed by atoms with E-state index >= 15 is 0 Å². The van der Waals surface area contributed by atoms with Gasteiger partial charge in [0.15, 0.2) is 5.82 Å². The lowest BCUT2D eigenvalue weighted by Gasteiger charge is -2.23. The zero-order valence-electron chi connectivity index (χ0n) is 12.2. The van der Waals surface area contributed by atoms with E-state index in [-0.39, 0.29) is 17.3 Å². The number of hydrogen-bond donors (Lipinski definition) is 3. The van der Waals surface area contributed by atoms with Gasteiger partial charge in [-0.2, -0.15) is 5.10 Å². The van der Waals surface area contributed by atoms with Crippen molar-refractivity contribution < 1.29 is 18.3 Å². The minimum Gasteiger partial charge on any atom is -0.389 e. The number of methoxy groups -OCH3 is 1. The van der Waals surface area contributed by atoms with Crippen LogP contribution in [0.1, 0.15) is 19.0 Å². The largest absolute Gasteiger partial charge is 0.389 e. The number of nitrogens with two attached hydrogens (primary N) is 1. The van der Waals surface area contributed by atoms with Crippen LogP contribution in [0.5, 0.6) is 0 Å². The summed E-state index contributed by atoms with van der Waals surface area (Å²) in [6.07, 6.45) is 0.313. The summed E-state index contributed by atoms with van der Waals surface area (Å²) in [6, 6.07) is 0. The molecule has 0 bridgehead atoms. The molecule has 9 heteroatoms. The highest BCUT2D eigenvalue weighted by molar-refractivity contribution is 7.89. The standard InChI is InChI=1S/C11H22N4O4S/c1-8-9(10(12)14-15(8)3)20(17,18)13-7-11(2,16)5-6-19-4/h13,16H,5-7H2,1-4H3,(H2,12,14). The van der Waals surface area contributed by atoms with Crippen LogP contribution >= 0.6 is 0 Å². The fourth-order valence-electron chi connectivity index (χ4n) is 1.68. The zero-order valence-corrected chi connectivity index (χ0v) is 13.0. The molecule has 0 saturated heterocycles. The van der Waals surface area contributed by atoms with E-state index in [1.54, 1.807) is 14.0 Å². The van der Waals surface area contributed by atoms with Gasteiger partial charge in [0.25, 0.3) is 0 Å². The van der Waals surface area contributed by atoms with Gasteiger partial charge in [0.2, 0.25) is 10.0 Å². The molecule has 4 N–H and O–H groups in total. The predicted molar refractivity (Wildman–Crippen MR) is 74.7 cm³/mol. The lowest BCUT2D eigenvalue weighted by molar-refractivity contribution is 0.0292. The van der Waals surface area contributed by atoms with E-state index in [0.717, 1.165) is 0 Å². The molecule has 0 aliphatic carbocycles. The third-order valence-electron chi connectivity index (χ3n) is 3.06. The highest BCUT2D eigenvalue weighted by Gasteiger charge is 2.28. The molecule has 1 atom stereocenters. The van der Waals surface area contributed by atoms with Gasteiger partial charge in [0.1, 0.15) is 4.90 Å². The van der Waals surface area contributed by atoms with Crippen molar-refractivity contribution in [3.05, 3.63) is 5.69 Å². The molecule has 0 aromatic carbocycles. The molecule has 0 spiro atoms. The van der Waals surface area contributed by atoms with Gasteiger partial charge in [-0.1, -0.05) is 0 Å². The fourth-order valence-corrected chi connectivity index (χ4v) is 3.16. The second-order valence-corrected chi connectivity index (χ2v) is 6.69. The molecule has 116 valence electrons. The number of ether oxygens (including phenoxy) is 1. The summed E-state index contributed by atoms with van der Waals surface area (Å²) in [5, 5.41) is 13.9. The van der Waals surface area contributed by atoms with Crippen LogP contribution in [-0.4, -0.2) is 49.2 Å². The van der Waals surface area contributed by atoms with E-state index in [1.165, 1.54) is 18.7 Å². The second-order valence-electron chi connectivity index (χ2n) is 4.99. The van der Waals surface area contributed by atoms with Crippen molar-refractivity contribution in [2.45, 2.75) is 30.8 Å². The van der Waals surface area contributed by atoms with Gasteiger partial charge in [-0.3, -0.25) is 4.68 Å². The third-order valence-corrected chi connectivity index (χ3v) is 4.63. The minimum atomic E-state index is -3.82. The number of aliphatic hydroxyl groups is 1. The Morgan fingerprint density at radius 2 is 2.15 bits per heavy atom. The van der Waals surface area contributed by atoms with Gasteiger partial charge in [-0.15, -0.1) is 0 Å². The number of nitrogens with one attached hydrogen (secondary N) is 1. The maximum atomic E-state index is 12.2. The summed E-state index contributed by atoms with van der Waals surface area (Å²) in [7, 11) is -0.694. The lowest BCUT2D eigenvalue weighted by atomic mass is 10.0. The molecule has 0 fully saturated rings. The molecule has 1 heterocycles. The molecule has 1 aromatic heterocycles. The summed E-state index contributed by atoms with van der Waals surface area (Å²) in [5.74, 6) is -0.0611. The van der Waals surface area contributed by atoms with Crippen LogP contribution in [0.15, 0.2) is 4.90 Å². The maximum absolute atomic E-state index is 12.2. The summed E-state index contributed by atoms with van der Waals surface area (Å²) in [4.78, 5) is -0.0532. The Morgan fingerprint density at radius 1 is 1.55 bits per heavy atom. The number of aromatic nitrogens is 2. The molecule has 1 aromatic rings. The first kappa shape index (κ1) is 16.9. The fraction of sp³-hybridized carbons (Fsp3) is 0.727. The molecule has 0 radical (unpaired) electrons. The summed E-state index contributed by atoms with van der Waals surface area (Å²) >= 11 is 0. The van der Waals surface area contributed by atoms with Gasteiger partial charge in [0.05, 0.1) is 11.3 Å². The van der Waals surface area contributed by atoms with Crippen LogP contribution in [-0.2, 0) is 21.8 Å². The maximum Gasteiger partial charge on any atom is 0.246 e. The molecule has 20 heavy (non-hydrogen) atoms. The molecule has 1 rings (SSSR count). The van der Waals surface area contributed by atoms with Gasteiger partial charge in [-0.05, 0) is 13.8 Å². The Morgan fingerprint density at radius 3 is 2.60 bits per heavy atom. The van der Waals surface area contributed by atoms with Crippen molar-refractivity contribution in [3.63, 3.8) is 0 Å². The molecular weight excluding hydrogens is 284 g/mol. The van der Waals surface area contributed by atoms with E-state index in [0.29, 0.717) is 18.7 Å². The molecule has 0 saturated carbocycles. The Balaban J connectivity index is 2.86. The number of rotatable bonds is 7. The van der Waals surface area contributed by atoms with Crippen LogP contribution in [0.4, 0.5) is 5.82 Å². The average molecular weight is 306 g/mol. The van der Waals surface area contributed by atoms with Crippen molar-refractivity contribution in [3.8, 4) is 0 Å². The van der Waals surface area contributed by atoms with Crippen molar-refractivity contribution in [2.24, 2.45) is 7.05 Å². The highest BCUT2D eigenvalue weighted by atomic mass is 32.2. The monoisotopic (exact) mass is 306 g/mol. The van der Waals surface area contributed by atoms with Crippen LogP contribution in [0.25, 0.3) is 0 Å². The number of nitrogen functional groups attached to an aromatic ring is 1. The van der Waals surface area contributed by atoms with Gasteiger partial charge in [-0.25, -0.2) is 13.1 Å². The number of nitrogens with zero attached hydrogens (tertiary/aromatic N) is 2. The van der Waals surface area contributed by atoms with Crippen molar-refractivity contribution in [1.29, 1.82) is 0 Å². The van der Waals surface area contributed by atoms with Crippen LogP contribution in [0.2, 0.25) is 0 Å². The Hall–Kier alpha value is -1.16. The number of hydrogen-bond acceptors (Lipinski definition) is 6. The topological polar surface area (TPSA) is 119 Å². The Kier molecular flexibility index (Phi) is 5.14. The first-order chi connectivity index (χ1) is 9.10. The Labute approximate surface area is 119 Å². The molecular formula is C11H22N4O4S. The minimum absolute atomic E-state index is 0.0532. The molecule has 0 aliphatic heterocycles. The van der Waals surface area contributed by atoms with Gasteiger partial charge < -0.3 is 15.6 Å². The molecule has 8 nitrogen and oxygen atoms in total. The molecule has 0 aliphatic rings. The first-order valence-corrected chi connectivity index (χ1v) is 7.59. The van der Waals surface area contributed by atoms with E-state index in [1.807, 2.05) is 0 Å². The average Bonchev–Trinajstić information content (AvgIpc) is 2.59. The quantitative estimate of drug-likeness (QED) is 0.617. The summed E-state index contributed by atoms with van der Waals surface area (Å²) in [5.41, 5.74) is 4.85. The SMILES string of the molecule is COCCC(C)(O)CNS(=O)(=O)c1c(N)nn(C)c1C. The van der Waals surface area contributed by atoms with E-state index < -0.39 is 15.6 Å². The predicted octanol–water partition coefficient (Wildman–Crippen LogP) is -0.623. The van der Waals surface area contributed by atoms with Crippen molar-refractivity contribution in [1.82, 2.24) is 14.5 Å². The number of aryl methyl sites for hydroxylation is 1.